The van der Waals surface area contributed by atoms with Crippen LogP contribution in [0.2, 0.25) is 0 Å². The van der Waals surface area contributed by atoms with Gasteiger partial charge in [-0.2, -0.15) is 0 Å². The molecular formula is C9H16N2O4. The second-order valence-corrected chi connectivity index (χ2v) is 2.81. The second-order valence-electron chi connectivity index (χ2n) is 2.81. The molecule has 0 aliphatic carbocycles. The first-order valence-electron chi connectivity index (χ1n) is 4.71. The summed E-state index contributed by atoms with van der Waals surface area (Å²) in [5.74, 6) is -2.12. The maximum Gasteiger partial charge on any atom is 0.396 e. The molecule has 0 aromatic heterocycles. The van der Waals surface area contributed by atoms with Gasteiger partial charge in [-0.1, -0.05) is 0 Å². The van der Waals surface area contributed by atoms with E-state index in [1.54, 1.807) is 14.0 Å². The molecule has 0 saturated heterocycles. The average molecular weight is 216 g/mol. The largest absolute Gasteiger partial charge is 0.459 e. The third-order valence-electron chi connectivity index (χ3n) is 1.76. The molecule has 15 heavy (non-hydrogen) atoms. The van der Waals surface area contributed by atoms with E-state index in [4.69, 9.17) is 0 Å². The van der Waals surface area contributed by atoms with Crippen molar-refractivity contribution in [3.05, 3.63) is 0 Å². The number of hydrogen-bond acceptors (Lipinski definition) is 4. The van der Waals surface area contributed by atoms with Gasteiger partial charge in [0.15, 0.2) is 0 Å². The summed E-state index contributed by atoms with van der Waals surface area (Å²) in [5, 5.41) is 2.18. The van der Waals surface area contributed by atoms with Crippen LogP contribution in [0.4, 0.5) is 0 Å². The highest BCUT2D eigenvalue weighted by Gasteiger charge is 2.16. The van der Waals surface area contributed by atoms with Gasteiger partial charge >= 0.3 is 11.9 Å². The van der Waals surface area contributed by atoms with E-state index < -0.39 is 11.9 Å². The maximum absolute atomic E-state index is 11.2. The van der Waals surface area contributed by atoms with E-state index in [0.29, 0.717) is 6.54 Å². The molecule has 0 fully saturated rings. The molecule has 2 amide bonds. The van der Waals surface area contributed by atoms with E-state index in [0.717, 1.165) is 0 Å². The quantitative estimate of drug-likeness (QED) is 0.490. The van der Waals surface area contributed by atoms with Crippen LogP contribution in [0.5, 0.6) is 0 Å². The minimum atomic E-state index is -0.968. The van der Waals surface area contributed by atoms with E-state index >= 15 is 0 Å². The summed E-state index contributed by atoms with van der Waals surface area (Å²) in [6.45, 7) is 3.90. The molecule has 0 rings (SSSR count). The highest BCUT2D eigenvalue weighted by molar-refractivity contribution is 6.32. The van der Waals surface area contributed by atoms with Crippen LogP contribution in [-0.4, -0.2) is 49.4 Å². The van der Waals surface area contributed by atoms with Crippen LogP contribution in [-0.2, 0) is 19.1 Å². The Balaban J connectivity index is 3.90. The zero-order chi connectivity index (χ0) is 11.8. The van der Waals surface area contributed by atoms with Gasteiger partial charge in [0.1, 0.15) is 0 Å². The van der Waals surface area contributed by atoms with Crippen molar-refractivity contribution in [2.75, 3.05) is 26.7 Å². The number of carbonyl (C=O) groups excluding carboxylic acids is 3. The Morgan fingerprint density at radius 2 is 1.87 bits per heavy atom. The van der Waals surface area contributed by atoms with E-state index in [9.17, 15) is 14.4 Å². The fourth-order valence-electron chi connectivity index (χ4n) is 0.736. The van der Waals surface area contributed by atoms with Gasteiger partial charge in [0.05, 0.1) is 13.2 Å². The van der Waals surface area contributed by atoms with Gasteiger partial charge in [0.25, 0.3) is 0 Å². The predicted octanol–water partition coefficient (Wildman–Crippen LogP) is -0.856. The Morgan fingerprint density at radius 1 is 1.27 bits per heavy atom. The number of amides is 2. The number of nitrogens with zero attached hydrogens (tertiary/aromatic N) is 1. The van der Waals surface area contributed by atoms with Gasteiger partial charge in [0, 0.05) is 13.6 Å². The van der Waals surface area contributed by atoms with Gasteiger partial charge in [-0.25, -0.2) is 4.79 Å². The first-order chi connectivity index (χ1) is 7.02. The Hall–Kier alpha value is -1.59. The molecule has 0 spiro atoms. The SMILES string of the molecule is CCOC(=O)C(=O)NCC(=O)N(C)CC. The van der Waals surface area contributed by atoms with E-state index in [-0.39, 0.29) is 19.1 Å². The Labute approximate surface area is 88.6 Å². The monoisotopic (exact) mass is 216 g/mol. The first kappa shape index (κ1) is 13.4. The van der Waals surface area contributed by atoms with Crippen LogP contribution in [0.15, 0.2) is 0 Å². The Kier molecular flexibility index (Phi) is 6.08. The van der Waals surface area contributed by atoms with Gasteiger partial charge in [-0.05, 0) is 13.8 Å². The molecule has 0 aliphatic rings. The lowest BCUT2D eigenvalue weighted by Crippen LogP contribution is -2.41. The van der Waals surface area contributed by atoms with E-state index in [1.165, 1.54) is 4.90 Å². The molecule has 0 aromatic carbocycles. The number of nitrogens with one attached hydrogen (secondary N) is 1. The highest BCUT2D eigenvalue weighted by atomic mass is 16.5. The lowest BCUT2D eigenvalue weighted by Gasteiger charge is -2.14. The molecule has 0 aliphatic heterocycles. The fraction of sp³-hybridized carbons (Fsp3) is 0.667. The number of ether oxygens (including phenoxy) is 1. The van der Waals surface area contributed by atoms with Crippen molar-refractivity contribution in [2.24, 2.45) is 0 Å². The van der Waals surface area contributed by atoms with Crippen molar-refractivity contribution in [1.29, 1.82) is 0 Å². The molecule has 0 atom stereocenters. The summed E-state index contributed by atoms with van der Waals surface area (Å²) in [4.78, 5) is 34.5. The number of likely N-dealkylation sites (N-methyl/N-ethyl adjacent to an activating group) is 1. The van der Waals surface area contributed by atoms with Crippen molar-refractivity contribution < 1.29 is 19.1 Å². The van der Waals surface area contributed by atoms with Crippen LogP contribution >= 0.6 is 0 Å². The van der Waals surface area contributed by atoms with E-state index in [1.807, 2.05) is 6.92 Å². The lowest BCUT2D eigenvalue weighted by atomic mass is 10.4. The van der Waals surface area contributed by atoms with Crippen LogP contribution in [0.1, 0.15) is 13.8 Å². The summed E-state index contributed by atoms with van der Waals surface area (Å²) in [6.07, 6.45) is 0. The van der Waals surface area contributed by atoms with Crippen LogP contribution in [0, 0.1) is 0 Å². The van der Waals surface area contributed by atoms with Crippen LogP contribution in [0.25, 0.3) is 0 Å². The average Bonchev–Trinajstić information content (AvgIpc) is 2.24. The summed E-state index contributed by atoms with van der Waals surface area (Å²) < 4.78 is 4.45. The van der Waals surface area contributed by atoms with Crippen molar-refractivity contribution in [1.82, 2.24) is 10.2 Å². The van der Waals surface area contributed by atoms with Gasteiger partial charge in [-0.15, -0.1) is 0 Å². The summed E-state index contributed by atoms with van der Waals surface area (Å²) in [6, 6.07) is 0. The predicted molar refractivity (Wildman–Crippen MR) is 53.0 cm³/mol. The van der Waals surface area contributed by atoms with Gasteiger partial charge in [-0.3, -0.25) is 9.59 Å². The molecule has 0 heterocycles. The molecule has 0 unspecified atom stereocenters. The smallest absolute Gasteiger partial charge is 0.396 e. The third-order valence-corrected chi connectivity index (χ3v) is 1.76. The summed E-state index contributed by atoms with van der Waals surface area (Å²) in [5.41, 5.74) is 0. The number of esters is 1. The maximum atomic E-state index is 11.2. The van der Waals surface area contributed by atoms with Crippen molar-refractivity contribution in [3.8, 4) is 0 Å². The Morgan fingerprint density at radius 3 is 2.33 bits per heavy atom. The molecule has 6 heteroatoms. The fourth-order valence-corrected chi connectivity index (χ4v) is 0.736. The van der Waals surface area contributed by atoms with Crippen molar-refractivity contribution in [2.45, 2.75) is 13.8 Å². The highest BCUT2D eigenvalue weighted by Crippen LogP contribution is 1.83. The first-order valence-corrected chi connectivity index (χ1v) is 4.71. The lowest BCUT2D eigenvalue weighted by molar-refractivity contribution is -0.154. The van der Waals surface area contributed by atoms with Crippen LogP contribution in [0.3, 0.4) is 0 Å². The molecule has 0 aromatic rings. The normalized spacial score (nSPS) is 9.27. The third kappa shape index (κ3) is 4.99. The molecule has 0 radical (unpaired) electrons. The zero-order valence-corrected chi connectivity index (χ0v) is 9.20. The van der Waals surface area contributed by atoms with E-state index in [2.05, 4.69) is 10.1 Å². The summed E-state index contributed by atoms with van der Waals surface area (Å²) in [7, 11) is 1.61. The molecule has 1 N–H and O–H groups in total. The van der Waals surface area contributed by atoms with Gasteiger partial charge < -0.3 is 15.0 Å². The molecule has 86 valence electrons. The molecular weight excluding hydrogens is 200 g/mol. The number of carbonyl (C=O) groups is 3. The minimum absolute atomic E-state index is 0.134. The standard InChI is InChI=1S/C9H16N2O4/c1-4-11(3)7(12)6-10-8(13)9(14)15-5-2/h4-6H2,1-3H3,(H,10,13). The van der Waals surface area contributed by atoms with Gasteiger partial charge in [0.2, 0.25) is 5.91 Å². The second kappa shape index (κ2) is 6.80. The minimum Gasteiger partial charge on any atom is -0.459 e. The Bertz CT molecular complexity index is 252. The van der Waals surface area contributed by atoms with Crippen molar-refractivity contribution in [3.63, 3.8) is 0 Å². The zero-order valence-electron chi connectivity index (χ0n) is 9.20. The number of rotatable bonds is 4. The van der Waals surface area contributed by atoms with Crippen LogP contribution < -0.4 is 5.32 Å². The molecule has 0 saturated carbocycles. The van der Waals surface area contributed by atoms with Crippen molar-refractivity contribution >= 4 is 17.8 Å². The molecule has 6 nitrogen and oxygen atoms in total. The topological polar surface area (TPSA) is 75.7 Å². The molecule has 0 bridgehead atoms. The summed E-state index contributed by atoms with van der Waals surface area (Å²) >= 11 is 0. The number of hydrogen-bond donors (Lipinski definition) is 1.